The van der Waals surface area contributed by atoms with Gasteiger partial charge in [0.1, 0.15) is 0 Å². The lowest BCUT2D eigenvalue weighted by atomic mass is 9.92. The van der Waals surface area contributed by atoms with Crippen molar-refractivity contribution < 1.29 is 4.43 Å². The van der Waals surface area contributed by atoms with Crippen molar-refractivity contribution in [3.8, 4) is 0 Å². The van der Waals surface area contributed by atoms with E-state index in [2.05, 4.69) is 67.6 Å². The van der Waals surface area contributed by atoms with Crippen LogP contribution in [0.3, 0.4) is 0 Å². The number of rotatable bonds is 6. The van der Waals surface area contributed by atoms with Crippen molar-refractivity contribution >= 4 is 9.76 Å². The molecule has 0 bridgehead atoms. The molecule has 92 valence electrons. The third-order valence-corrected chi connectivity index (χ3v) is 3.56. The van der Waals surface area contributed by atoms with Crippen molar-refractivity contribution in [2.75, 3.05) is 6.61 Å². The molecule has 0 aromatic heterocycles. The second-order valence-corrected chi connectivity index (χ2v) is 5.47. The van der Waals surface area contributed by atoms with E-state index < -0.39 is 0 Å². The molecule has 1 nitrogen and oxygen atoms in total. The molecular weight excluding hydrogens is 236 g/mol. The van der Waals surface area contributed by atoms with Gasteiger partial charge in [0.25, 0.3) is 0 Å². The zero-order valence-corrected chi connectivity index (χ0v) is 11.7. The van der Waals surface area contributed by atoms with E-state index in [0.29, 0.717) is 15.7 Å². The van der Waals surface area contributed by atoms with Gasteiger partial charge in [0.15, 0.2) is 0 Å². The van der Waals surface area contributed by atoms with Gasteiger partial charge in [-0.25, -0.2) is 0 Å². The van der Waals surface area contributed by atoms with Gasteiger partial charge in [0.2, 0.25) is 9.76 Å². The van der Waals surface area contributed by atoms with E-state index in [1.165, 1.54) is 11.1 Å². The van der Waals surface area contributed by atoms with E-state index in [4.69, 9.17) is 4.43 Å². The first kappa shape index (κ1) is 13.1. The Bertz CT molecular complexity index is 402. The van der Waals surface area contributed by atoms with Gasteiger partial charge in [-0.2, -0.15) is 0 Å². The second kappa shape index (κ2) is 7.14. The zero-order chi connectivity index (χ0) is 12.6. The average Bonchev–Trinajstić information content (AvgIpc) is 2.46. The van der Waals surface area contributed by atoms with Gasteiger partial charge < -0.3 is 4.43 Å². The highest BCUT2D eigenvalue weighted by molar-refractivity contribution is 6.26. The Morgan fingerprint density at radius 1 is 0.889 bits per heavy atom. The van der Waals surface area contributed by atoms with E-state index in [9.17, 15) is 0 Å². The molecule has 0 amide bonds. The van der Waals surface area contributed by atoms with Crippen LogP contribution in [0.1, 0.15) is 24.0 Å². The molecule has 0 spiro atoms. The summed E-state index contributed by atoms with van der Waals surface area (Å²) in [5, 5.41) is 0. The Kier molecular flexibility index (Phi) is 5.18. The second-order valence-electron chi connectivity index (χ2n) is 4.18. The summed E-state index contributed by atoms with van der Waals surface area (Å²) >= 11 is 0. The summed E-state index contributed by atoms with van der Waals surface area (Å²) in [6.07, 6.45) is 0. The smallest absolute Gasteiger partial charge is 0.229 e. The molecule has 2 aromatic carbocycles. The van der Waals surface area contributed by atoms with Crippen LogP contribution >= 0.6 is 0 Å². The third-order valence-electron chi connectivity index (χ3n) is 2.90. The van der Waals surface area contributed by atoms with E-state index in [0.717, 1.165) is 12.7 Å². The normalized spacial score (nSPS) is 10.8. The van der Waals surface area contributed by atoms with Gasteiger partial charge in [0.05, 0.1) is 0 Å². The molecule has 0 aliphatic heterocycles. The first-order valence-electron chi connectivity index (χ1n) is 6.36. The summed E-state index contributed by atoms with van der Waals surface area (Å²) in [7, 11) is 0.597. The Labute approximate surface area is 112 Å². The third kappa shape index (κ3) is 3.55. The fourth-order valence-corrected chi connectivity index (χ4v) is 2.49. The molecule has 0 aliphatic carbocycles. The van der Waals surface area contributed by atoms with Crippen molar-refractivity contribution in [1.82, 2.24) is 0 Å². The van der Waals surface area contributed by atoms with Crippen molar-refractivity contribution in [1.29, 1.82) is 0 Å². The van der Waals surface area contributed by atoms with Crippen LogP contribution in [0.4, 0.5) is 0 Å². The van der Waals surface area contributed by atoms with E-state index in [1.54, 1.807) is 0 Å². The first-order valence-corrected chi connectivity index (χ1v) is 7.48. The number of hydrogen-bond donors (Lipinski definition) is 0. The summed E-state index contributed by atoms with van der Waals surface area (Å²) in [6.45, 7) is 2.92. The molecule has 2 rings (SSSR count). The largest absolute Gasteiger partial charge is 0.416 e. The molecule has 0 saturated carbocycles. The van der Waals surface area contributed by atoms with E-state index >= 15 is 0 Å². The van der Waals surface area contributed by atoms with Gasteiger partial charge in [0, 0.05) is 12.5 Å². The predicted octanol–water partition coefficient (Wildman–Crippen LogP) is 3.89. The lowest BCUT2D eigenvalue weighted by molar-refractivity contribution is 0.320. The van der Waals surface area contributed by atoms with E-state index in [1.807, 2.05) is 0 Å². The molecule has 0 saturated heterocycles. The standard InChI is InChI=1S/C16H18OSi/c1-2-18-17-13-16(14-9-5-3-6-10-14)15-11-7-4-8-12-15/h3-12,16H,2,13H2,1H3. The Morgan fingerprint density at radius 3 is 1.83 bits per heavy atom. The fourth-order valence-electron chi connectivity index (χ4n) is 2.00. The van der Waals surface area contributed by atoms with Crippen molar-refractivity contribution in [3.63, 3.8) is 0 Å². The Morgan fingerprint density at radius 2 is 1.39 bits per heavy atom. The molecule has 0 heterocycles. The van der Waals surface area contributed by atoms with Crippen LogP contribution in [0.15, 0.2) is 60.7 Å². The maximum absolute atomic E-state index is 5.78. The van der Waals surface area contributed by atoms with Crippen LogP contribution in [0, 0.1) is 0 Å². The van der Waals surface area contributed by atoms with Crippen molar-refractivity contribution in [2.24, 2.45) is 0 Å². The molecule has 2 aromatic rings. The molecule has 0 atom stereocenters. The lowest BCUT2D eigenvalue weighted by Crippen LogP contribution is -2.11. The van der Waals surface area contributed by atoms with Crippen LogP contribution in [0.2, 0.25) is 6.04 Å². The minimum absolute atomic E-state index is 0.339. The van der Waals surface area contributed by atoms with Crippen molar-refractivity contribution in [3.05, 3.63) is 71.8 Å². The average molecular weight is 254 g/mol. The molecule has 0 fully saturated rings. The molecule has 2 heteroatoms. The number of hydrogen-bond acceptors (Lipinski definition) is 1. The van der Waals surface area contributed by atoms with Gasteiger partial charge in [-0.3, -0.25) is 0 Å². The Balaban J connectivity index is 2.18. The fraction of sp³-hybridized carbons (Fsp3) is 0.250. The van der Waals surface area contributed by atoms with Crippen LogP contribution in [0.25, 0.3) is 0 Å². The highest BCUT2D eigenvalue weighted by Gasteiger charge is 2.13. The summed E-state index contributed by atoms with van der Waals surface area (Å²) in [4.78, 5) is 0. The van der Waals surface area contributed by atoms with Gasteiger partial charge >= 0.3 is 0 Å². The Hall–Kier alpha value is -1.38. The maximum Gasteiger partial charge on any atom is 0.229 e. The van der Waals surface area contributed by atoms with Gasteiger partial charge in [-0.15, -0.1) is 0 Å². The van der Waals surface area contributed by atoms with Crippen LogP contribution in [-0.2, 0) is 4.43 Å². The molecule has 18 heavy (non-hydrogen) atoms. The molecule has 0 N–H and O–H groups in total. The minimum Gasteiger partial charge on any atom is -0.416 e. The summed E-state index contributed by atoms with van der Waals surface area (Å²) in [5.41, 5.74) is 2.65. The van der Waals surface area contributed by atoms with Crippen molar-refractivity contribution in [2.45, 2.75) is 18.9 Å². The molecular formula is C16H18OSi. The van der Waals surface area contributed by atoms with Crippen LogP contribution in [-0.4, -0.2) is 16.4 Å². The van der Waals surface area contributed by atoms with Crippen LogP contribution < -0.4 is 0 Å². The minimum atomic E-state index is 0.339. The predicted molar refractivity (Wildman–Crippen MR) is 76.9 cm³/mol. The first-order chi connectivity index (χ1) is 8.92. The highest BCUT2D eigenvalue weighted by Crippen LogP contribution is 2.24. The van der Waals surface area contributed by atoms with Crippen LogP contribution in [0.5, 0.6) is 0 Å². The topological polar surface area (TPSA) is 9.23 Å². The zero-order valence-electron chi connectivity index (χ0n) is 10.7. The monoisotopic (exact) mass is 254 g/mol. The maximum atomic E-state index is 5.78. The quantitative estimate of drug-likeness (QED) is 0.561. The molecule has 0 aliphatic rings. The van der Waals surface area contributed by atoms with Gasteiger partial charge in [-0.1, -0.05) is 67.6 Å². The summed E-state index contributed by atoms with van der Waals surface area (Å²) in [6, 6.07) is 22.3. The highest BCUT2D eigenvalue weighted by atomic mass is 28.2. The molecule has 0 unspecified atom stereocenters. The molecule has 2 radical (unpaired) electrons. The SMILES string of the molecule is CC[Si]OCC(c1ccccc1)c1ccccc1. The summed E-state index contributed by atoms with van der Waals surface area (Å²) in [5.74, 6) is 0.339. The van der Waals surface area contributed by atoms with E-state index in [-0.39, 0.29) is 0 Å². The number of benzene rings is 2. The lowest BCUT2D eigenvalue weighted by Gasteiger charge is -2.18. The van der Waals surface area contributed by atoms with Gasteiger partial charge in [-0.05, 0) is 17.2 Å². The summed E-state index contributed by atoms with van der Waals surface area (Å²) < 4.78 is 5.78.